The summed E-state index contributed by atoms with van der Waals surface area (Å²) in [7, 11) is 0. The fourth-order valence-corrected chi connectivity index (χ4v) is 1.47. The minimum Gasteiger partial charge on any atom is -1.00 e. The predicted octanol–water partition coefficient (Wildman–Crippen LogP) is -1.98. The van der Waals surface area contributed by atoms with Crippen LogP contribution in [0.15, 0.2) is 30.7 Å². The first-order chi connectivity index (χ1) is 7.65. The molecule has 0 saturated heterocycles. The molecule has 0 amide bonds. The second-order valence-electron chi connectivity index (χ2n) is 3.88. The van der Waals surface area contributed by atoms with Crippen molar-refractivity contribution in [2.24, 2.45) is 0 Å². The van der Waals surface area contributed by atoms with E-state index < -0.39 is 0 Å². The van der Waals surface area contributed by atoms with Crippen LogP contribution in [0.5, 0.6) is 0 Å². The lowest BCUT2D eigenvalue weighted by atomic mass is 10.2. The Labute approximate surface area is 107 Å². The third-order valence-electron chi connectivity index (χ3n) is 2.43. The molecule has 0 aliphatic carbocycles. The van der Waals surface area contributed by atoms with Crippen LogP contribution < -0.4 is 22.7 Å². The second kappa shape index (κ2) is 5.59. The molecule has 0 aromatic carbocycles. The monoisotopic (exact) mass is 250 g/mol. The first kappa shape index (κ1) is 13.4. The van der Waals surface area contributed by atoms with Crippen LogP contribution in [0.1, 0.15) is 17.0 Å². The number of hydrogen-bond acceptors (Lipinski definition) is 3. The Morgan fingerprint density at radius 3 is 2.47 bits per heavy atom. The summed E-state index contributed by atoms with van der Waals surface area (Å²) in [4.78, 5) is 8.29. The molecule has 90 valence electrons. The SMILES string of the molecule is Cc1cc[n+](Cc2cnc(C)nc2N)cc1.[Cl-]. The Kier molecular flexibility index (Phi) is 4.40. The van der Waals surface area contributed by atoms with Gasteiger partial charge in [-0.3, -0.25) is 0 Å². The minimum absolute atomic E-state index is 0. The third kappa shape index (κ3) is 3.39. The van der Waals surface area contributed by atoms with Crippen molar-refractivity contribution in [1.29, 1.82) is 0 Å². The van der Waals surface area contributed by atoms with Gasteiger partial charge in [-0.1, -0.05) is 0 Å². The van der Waals surface area contributed by atoms with E-state index in [1.807, 2.05) is 19.3 Å². The number of nitrogens with two attached hydrogens (primary N) is 1. The molecule has 5 heteroatoms. The Balaban J connectivity index is 0.00000144. The van der Waals surface area contributed by atoms with Crippen molar-refractivity contribution in [3.63, 3.8) is 0 Å². The van der Waals surface area contributed by atoms with E-state index in [4.69, 9.17) is 5.73 Å². The average Bonchev–Trinajstić information content (AvgIpc) is 2.25. The van der Waals surface area contributed by atoms with Gasteiger partial charge in [0.25, 0.3) is 0 Å². The van der Waals surface area contributed by atoms with Crippen LogP contribution in [0.25, 0.3) is 0 Å². The highest BCUT2D eigenvalue weighted by molar-refractivity contribution is 5.36. The molecule has 0 aliphatic heterocycles. The van der Waals surface area contributed by atoms with E-state index >= 15 is 0 Å². The lowest BCUT2D eigenvalue weighted by molar-refractivity contribution is -0.688. The summed E-state index contributed by atoms with van der Waals surface area (Å²) in [6.07, 6.45) is 5.83. The van der Waals surface area contributed by atoms with Gasteiger partial charge in [0.05, 0.1) is 5.56 Å². The average molecular weight is 251 g/mol. The normalized spacial score (nSPS) is 9.76. The highest BCUT2D eigenvalue weighted by Crippen LogP contribution is 2.06. The van der Waals surface area contributed by atoms with Gasteiger partial charge in [-0.05, 0) is 19.4 Å². The fraction of sp³-hybridized carbons (Fsp3) is 0.250. The molecule has 0 bridgehead atoms. The van der Waals surface area contributed by atoms with E-state index in [-0.39, 0.29) is 12.4 Å². The van der Waals surface area contributed by atoms with Crippen LogP contribution in [-0.2, 0) is 6.54 Å². The van der Waals surface area contributed by atoms with Crippen molar-refractivity contribution >= 4 is 5.82 Å². The maximum Gasteiger partial charge on any atom is 0.178 e. The molecule has 0 atom stereocenters. The number of pyridine rings is 1. The Bertz CT molecular complexity index is 496. The highest BCUT2D eigenvalue weighted by atomic mass is 35.5. The topological polar surface area (TPSA) is 55.7 Å². The molecular formula is C12H15ClN4. The molecule has 2 rings (SSSR count). The number of nitrogen functional groups attached to an aromatic ring is 1. The largest absolute Gasteiger partial charge is 1.00 e. The summed E-state index contributed by atoms with van der Waals surface area (Å²) in [5.41, 5.74) is 8.02. The lowest BCUT2D eigenvalue weighted by Gasteiger charge is -2.02. The molecule has 0 saturated carbocycles. The quantitative estimate of drug-likeness (QED) is 0.629. The number of aryl methyl sites for hydroxylation is 2. The van der Waals surface area contributed by atoms with E-state index in [9.17, 15) is 0 Å². The second-order valence-corrected chi connectivity index (χ2v) is 3.88. The maximum absolute atomic E-state index is 5.83. The molecular weight excluding hydrogens is 236 g/mol. The van der Waals surface area contributed by atoms with E-state index in [2.05, 4.69) is 33.6 Å². The van der Waals surface area contributed by atoms with E-state index in [0.717, 1.165) is 5.56 Å². The Morgan fingerprint density at radius 2 is 1.88 bits per heavy atom. The van der Waals surface area contributed by atoms with Crippen LogP contribution in [0.4, 0.5) is 5.82 Å². The van der Waals surface area contributed by atoms with Crippen LogP contribution in [-0.4, -0.2) is 9.97 Å². The third-order valence-corrected chi connectivity index (χ3v) is 2.43. The highest BCUT2D eigenvalue weighted by Gasteiger charge is 2.07. The zero-order chi connectivity index (χ0) is 11.5. The van der Waals surface area contributed by atoms with Crippen molar-refractivity contribution in [3.8, 4) is 0 Å². The summed E-state index contributed by atoms with van der Waals surface area (Å²) < 4.78 is 2.05. The molecule has 0 aliphatic rings. The number of halogens is 1. The smallest absolute Gasteiger partial charge is 0.178 e. The summed E-state index contributed by atoms with van der Waals surface area (Å²) >= 11 is 0. The molecule has 17 heavy (non-hydrogen) atoms. The minimum atomic E-state index is 0. The maximum atomic E-state index is 5.83. The molecule has 2 aromatic rings. The number of aromatic nitrogens is 3. The molecule has 0 unspecified atom stereocenters. The van der Waals surface area contributed by atoms with E-state index in [1.54, 1.807) is 6.20 Å². The predicted molar refractivity (Wildman–Crippen MR) is 61.7 cm³/mol. The van der Waals surface area contributed by atoms with Crippen molar-refractivity contribution in [3.05, 3.63) is 47.7 Å². The van der Waals surface area contributed by atoms with Gasteiger partial charge in [-0.15, -0.1) is 0 Å². The molecule has 0 fully saturated rings. The van der Waals surface area contributed by atoms with E-state index in [1.165, 1.54) is 5.56 Å². The lowest BCUT2D eigenvalue weighted by Crippen LogP contribution is -3.00. The fourth-order valence-electron chi connectivity index (χ4n) is 1.47. The van der Waals surface area contributed by atoms with Gasteiger partial charge in [-0.25, -0.2) is 14.5 Å². The van der Waals surface area contributed by atoms with Gasteiger partial charge >= 0.3 is 0 Å². The van der Waals surface area contributed by atoms with Crippen LogP contribution in [0.2, 0.25) is 0 Å². The van der Waals surface area contributed by atoms with Crippen molar-refractivity contribution < 1.29 is 17.0 Å². The molecule has 2 N–H and O–H groups in total. The summed E-state index contributed by atoms with van der Waals surface area (Å²) in [6, 6.07) is 4.12. The number of nitrogens with zero attached hydrogens (tertiary/aromatic N) is 3. The molecule has 2 aromatic heterocycles. The van der Waals surface area contributed by atoms with Gasteiger partial charge in [0.1, 0.15) is 11.6 Å². The standard InChI is InChI=1S/C12H15N4.ClH/c1-9-3-5-16(6-4-9)8-11-7-14-10(2)15-12(11)13;/h3-7H,8H2,1-2H3,(H2,13,14,15);1H/q+1;/p-1. The summed E-state index contributed by atoms with van der Waals surface area (Å²) in [5.74, 6) is 1.26. The van der Waals surface area contributed by atoms with Gasteiger partial charge < -0.3 is 18.1 Å². The Hall–Kier alpha value is -1.68. The first-order valence-electron chi connectivity index (χ1n) is 5.19. The van der Waals surface area contributed by atoms with Crippen LogP contribution in [0.3, 0.4) is 0 Å². The van der Waals surface area contributed by atoms with Crippen molar-refractivity contribution in [1.82, 2.24) is 9.97 Å². The van der Waals surface area contributed by atoms with Crippen molar-refractivity contribution in [2.45, 2.75) is 20.4 Å². The van der Waals surface area contributed by atoms with Gasteiger partial charge in [0.15, 0.2) is 18.9 Å². The number of rotatable bonds is 2. The molecule has 0 spiro atoms. The Morgan fingerprint density at radius 1 is 1.24 bits per heavy atom. The van der Waals surface area contributed by atoms with Crippen LogP contribution in [0, 0.1) is 13.8 Å². The molecule has 2 heterocycles. The van der Waals surface area contributed by atoms with Gasteiger partial charge in [0, 0.05) is 18.3 Å². The number of hydrogen-bond donors (Lipinski definition) is 1. The molecule has 0 radical (unpaired) electrons. The first-order valence-corrected chi connectivity index (χ1v) is 5.19. The molecule has 4 nitrogen and oxygen atoms in total. The summed E-state index contributed by atoms with van der Waals surface area (Å²) in [6.45, 7) is 4.60. The van der Waals surface area contributed by atoms with E-state index in [0.29, 0.717) is 18.2 Å². The van der Waals surface area contributed by atoms with Gasteiger partial charge in [-0.2, -0.15) is 0 Å². The zero-order valence-electron chi connectivity index (χ0n) is 9.89. The summed E-state index contributed by atoms with van der Waals surface area (Å²) in [5, 5.41) is 0. The van der Waals surface area contributed by atoms with Crippen molar-refractivity contribution in [2.75, 3.05) is 5.73 Å². The van der Waals surface area contributed by atoms with Crippen LogP contribution >= 0.6 is 0 Å². The van der Waals surface area contributed by atoms with Gasteiger partial charge in [0.2, 0.25) is 0 Å². The number of anilines is 1. The zero-order valence-corrected chi connectivity index (χ0v) is 10.6.